The Hall–Kier alpha value is -2.13. The standard InChI is InChI=1S/C18H20ClNO2/c1-3-11-22-17-10-9-14(12-18(17)21-4-2)13-20-16-8-6-5-7-15(16)19/h3,5-10,12,20H,1,4,11,13H2,2H3. The maximum Gasteiger partial charge on any atom is 0.161 e. The van der Waals surface area contributed by atoms with Gasteiger partial charge in [0.1, 0.15) is 6.61 Å². The van der Waals surface area contributed by atoms with Crippen molar-refractivity contribution in [2.24, 2.45) is 0 Å². The van der Waals surface area contributed by atoms with Crippen molar-refractivity contribution in [3.05, 3.63) is 65.7 Å². The number of hydrogen-bond acceptors (Lipinski definition) is 3. The van der Waals surface area contributed by atoms with Gasteiger partial charge >= 0.3 is 0 Å². The zero-order valence-corrected chi connectivity index (χ0v) is 13.4. The van der Waals surface area contributed by atoms with Crippen LogP contribution in [-0.4, -0.2) is 13.2 Å². The average Bonchev–Trinajstić information content (AvgIpc) is 2.53. The Morgan fingerprint density at radius 2 is 1.95 bits per heavy atom. The molecule has 4 heteroatoms. The summed E-state index contributed by atoms with van der Waals surface area (Å²) >= 11 is 6.14. The smallest absolute Gasteiger partial charge is 0.161 e. The van der Waals surface area contributed by atoms with Crippen LogP contribution in [0, 0.1) is 0 Å². The Balaban J connectivity index is 2.09. The van der Waals surface area contributed by atoms with E-state index in [1.54, 1.807) is 6.08 Å². The molecule has 0 aliphatic rings. The predicted octanol–water partition coefficient (Wildman–Crippen LogP) is 4.92. The summed E-state index contributed by atoms with van der Waals surface area (Å²) in [5, 5.41) is 4.02. The first-order chi connectivity index (χ1) is 10.7. The molecule has 0 atom stereocenters. The fourth-order valence-corrected chi connectivity index (χ4v) is 2.20. The first-order valence-electron chi connectivity index (χ1n) is 7.22. The Kier molecular flexibility index (Phi) is 6.16. The van der Waals surface area contributed by atoms with Gasteiger partial charge in [-0.15, -0.1) is 0 Å². The Morgan fingerprint density at radius 3 is 2.68 bits per heavy atom. The SMILES string of the molecule is C=CCOc1ccc(CNc2ccccc2Cl)cc1OCC. The van der Waals surface area contributed by atoms with Gasteiger partial charge in [0, 0.05) is 6.54 Å². The van der Waals surface area contributed by atoms with Crippen molar-refractivity contribution in [3.8, 4) is 11.5 Å². The third-order valence-corrected chi connectivity index (χ3v) is 3.35. The molecule has 3 nitrogen and oxygen atoms in total. The Labute approximate surface area is 136 Å². The third-order valence-electron chi connectivity index (χ3n) is 3.02. The van der Waals surface area contributed by atoms with E-state index in [-0.39, 0.29) is 0 Å². The van der Waals surface area contributed by atoms with Crippen LogP contribution < -0.4 is 14.8 Å². The lowest BCUT2D eigenvalue weighted by Crippen LogP contribution is -2.03. The van der Waals surface area contributed by atoms with Crippen LogP contribution in [0.1, 0.15) is 12.5 Å². The van der Waals surface area contributed by atoms with Gasteiger partial charge in [-0.05, 0) is 36.8 Å². The van der Waals surface area contributed by atoms with Gasteiger partial charge in [-0.2, -0.15) is 0 Å². The number of para-hydroxylation sites is 1. The molecule has 0 aliphatic heterocycles. The lowest BCUT2D eigenvalue weighted by Gasteiger charge is -2.13. The van der Waals surface area contributed by atoms with Crippen LogP contribution in [0.2, 0.25) is 5.02 Å². The minimum atomic E-state index is 0.456. The quantitative estimate of drug-likeness (QED) is 0.701. The van der Waals surface area contributed by atoms with E-state index in [0.29, 0.717) is 24.8 Å². The van der Waals surface area contributed by atoms with E-state index in [1.807, 2.05) is 49.4 Å². The third kappa shape index (κ3) is 4.43. The minimum absolute atomic E-state index is 0.456. The second-order valence-corrected chi connectivity index (χ2v) is 5.05. The number of ether oxygens (including phenoxy) is 2. The molecule has 0 unspecified atom stereocenters. The van der Waals surface area contributed by atoms with Gasteiger partial charge in [0.05, 0.1) is 17.3 Å². The molecule has 2 aromatic carbocycles. The van der Waals surface area contributed by atoms with E-state index in [0.717, 1.165) is 22.7 Å². The van der Waals surface area contributed by atoms with Gasteiger partial charge in [0.15, 0.2) is 11.5 Å². The summed E-state index contributed by atoms with van der Waals surface area (Å²) in [5.41, 5.74) is 2.00. The van der Waals surface area contributed by atoms with E-state index in [9.17, 15) is 0 Å². The number of hydrogen-bond donors (Lipinski definition) is 1. The highest BCUT2D eigenvalue weighted by Gasteiger charge is 2.07. The van der Waals surface area contributed by atoms with Crippen LogP contribution in [0.15, 0.2) is 55.1 Å². The zero-order valence-electron chi connectivity index (χ0n) is 12.6. The highest BCUT2D eigenvalue weighted by atomic mass is 35.5. The maximum atomic E-state index is 6.14. The summed E-state index contributed by atoms with van der Waals surface area (Å²) in [6.07, 6.45) is 1.71. The van der Waals surface area contributed by atoms with Gasteiger partial charge in [-0.3, -0.25) is 0 Å². The number of nitrogens with one attached hydrogen (secondary N) is 1. The van der Waals surface area contributed by atoms with Crippen molar-refractivity contribution < 1.29 is 9.47 Å². The Bertz CT molecular complexity index is 628. The summed E-state index contributed by atoms with van der Waals surface area (Å²) in [7, 11) is 0. The van der Waals surface area contributed by atoms with Crippen LogP contribution in [-0.2, 0) is 6.54 Å². The zero-order chi connectivity index (χ0) is 15.8. The van der Waals surface area contributed by atoms with Crippen molar-refractivity contribution in [2.75, 3.05) is 18.5 Å². The van der Waals surface area contributed by atoms with E-state index >= 15 is 0 Å². The largest absolute Gasteiger partial charge is 0.490 e. The van der Waals surface area contributed by atoms with E-state index < -0.39 is 0 Å². The first kappa shape index (κ1) is 16.2. The molecular weight excluding hydrogens is 298 g/mol. The first-order valence-corrected chi connectivity index (χ1v) is 7.60. The van der Waals surface area contributed by atoms with Crippen molar-refractivity contribution in [3.63, 3.8) is 0 Å². The Morgan fingerprint density at radius 1 is 1.14 bits per heavy atom. The molecular formula is C18H20ClNO2. The van der Waals surface area contributed by atoms with Crippen molar-refractivity contribution in [2.45, 2.75) is 13.5 Å². The molecule has 1 N–H and O–H groups in total. The summed E-state index contributed by atoms with van der Waals surface area (Å²) in [4.78, 5) is 0. The molecule has 0 saturated carbocycles. The molecule has 0 radical (unpaired) electrons. The van der Waals surface area contributed by atoms with Gasteiger partial charge in [0.2, 0.25) is 0 Å². The van der Waals surface area contributed by atoms with Crippen LogP contribution in [0.5, 0.6) is 11.5 Å². The van der Waals surface area contributed by atoms with Gasteiger partial charge in [0.25, 0.3) is 0 Å². The average molecular weight is 318 g/mol. The second-order valence-electron chi connectivity index (χ2n) is 4.65. The van der Waals surface area contributed by atoms with Crippen molar-refractivity contribution >= 4 is 17.3 Å². The number of rotatable bonds is 8. The lowest BCUT2D eigenvalue weighted by atomic mass is 10.2. The molecule has 0 fully saturated rings. The fraction of sp³-hybridized carbons (Fsp3) is 0.222. The van der Waals surface area contributed by atoms with Gasteiger partial charge in [-0.1, -0.05) is 42.5 Å². The molecule has 0 saturated heterocycles. The summed E-state index contributed by atoms with van der Waals surface area (Å²) < 4.78 is 11.2. The molecule has 22 heavy (non-hydrogen) atoms. The maximum absolute atomic E-state index is 6.14. The number of anilines is 1. The summed E-state index contributed by atoms with van der Waals surface area (Å²) in [6.45, 7) is 7.31. The topological polar surface area (TPSA) is 30.5 Å². The number of halogens is 1. The minimum Gasteiger partial charge on any atom is -0.490 e. The van der Waals surface area contributed by atoms with Crippen molar-refractivity contribution in [1.82, 2.24) is 0 Å². The van der Waals surface area contributed by atoms with Crippen LogP contribution in [0.4, 0.5) is 5.69 Å². The van der Waals surface area contributed by atoms with Crippen LogP contribution in [0.25, 0.3) is 0 Å². The molecule has 2 aromatic rings. The fourth-order valence-electron chi connectivity index (χ4n) is 2.00. The molecule has 0 amide bonds. The van der Waals surface area contributed by atoms with Crippen molar-refractivity contribution in [1.29, 1.82) is 0 Å². The van der Waals surface area contributed by atoms with Crippen LogP contribution in [0.3, 0.4) is 0 Å². The second kappa shape index (κ2) is 8.35. The molecule has 2 rings (SSSR count). The molecule has 0 bridgehead atoms. The highest BCUT2D eigenvalue weighted by Crippen LogP contribution is 2.29. The highest BCUT2D eigenvalue weighted by molar-refractivity contribution is 6.33. The van der Waals surface area contributed by atoms with E-state index in [4.69, 9.17) is 21.1 Å². The molecule has 0 heterocycles. The van der Waals surface area contributed by atoms with E-state index in [2.05, 4.69) is 11.9 Å². The lowest BCUT2D eigenvalue weighted by molar-refractivity contribution is 0.296. The van der Waals surface area contributed by atoms with E-state index in [1.165, 1.54) is 0 Å². The summed E-state index contributed by atoms with van der Waals surface area (Å²) in [5.74, 6) is 1.46. The number of benzene rings is 2. The molecule has 0 spiro atoms. The van der Waals surface area contributed by atoms with Crippen LogP contribution >= 0.6 is 11.6 Å². The summed E-state index contributed by atoms with van der Waals surface area (Å²) in [6, 6.07) is 13.6. The molecule has 0 aliphatic carbocycles. The van der Waals surface area contributed by atoms with Gasteiger partial charge in [-0.25, -0.2) is 0 Å². The predicted molar refractivity (Wildman–Crippen MR) is 92.1 cm³/mol. The molecule has 116 valence electrons. The normalized spacial score (nSPS) is 10.1. The molecule has 0 aromatic heterocycles. The van der Waals surface area contributed by atoms with Gasteiger partial charge < -0.3 is 14.8 Å². The monoisotopic (exact) mass is 317 g/mol.